The largest absolute Gasteiger partial charge is 0.316 e. The second-order valence-corrected chi connectivity index (χ2v) is 5.70. The molecule has 1 N–H and O–H groups in total. The molecule has 0 bridgehead atoms. The van der Waals surface area contributed by atoms with Crippen molar-refractivity contribution in [2.45, 2.75) is 32.7 Å². The van der Waals surface area contributed by atoms with Gasteiger partial charge in [0.1, 0.15) is 0 Å². The van der Waals surface area contributed by atoms with Crippen molar-refractivity contribution in [3.63, 3.8) is 0 Å². The Kier molecular flexibility index (Phi) is 4.50. The zero-order valence-corrected chi connectivity index (χ0v) is 12.1. The number of nitrogens with zero attached hydrogens (tertiary/aromatic N) is 1. The molecule has 0 aliphatic carbocycles. The fourth-order valence-corrected chi connectivity index (χ4v) is 2.85. The number of benzene rings is 1. The summed E-state index contributed by atoms with van der Waals surface area (Å²) in [5, 5.41) is 6.73. The Balaban J connectivity index is 1.99. The van der Waals surface area contributed by atoms with Gasteiger partial charge >= 0.3 is 0 Å². The third kappa shape index (κ3) is 3.65. The quantitative estimate of drug-likeness (QED) is 0.893. The number of aromatic nitrogens is 1. The van der Waals surface area contributed by atoms with E-state index in [9.17, 15) is 0 Å². The molecular formula is C15H20N2S. The number of aryl methyl sites for hydroxylation is 2. The van der Waals surface area contributed by atoms with Crippen molar-refractivity contribution in [2.75, 3.05) is 7.05 Å². The first-order chi connectivity index (χ1) is 8.67. The summed E-state index contributed by atoms with van der Waals surface area (Å²) in [5.74, 6) is 0. The van der Waals surface area contributed by atoms with E-state index in [-0.39, 0.29) is 0 Å². The van der Waals surface area contributed by atoms with Gasteiger partial charge in [0.15, 0.2) is 0 Å². The van der Waals surface area contributed by atoms with Gasteiger partial charge in [0.05, 0.1) is 5.01 Å². The summed E-state index contributed by atoms with van der Waals surface area (Å²) in [6.45, 7) is 4.17. The average Bonchev–Trinajstić information content (AvgIpc) is 2.77. The Bertz CT molecular complexity index is 487. The van der Waals surface area contributed by atoms with Crippen molar-refractivity contribution in [1.29, 1.82) is 0 Å². The van der Waals surface area contributed by atoms with E-state index in [1.807, 2.05) is 14.0 Å². The second-order valence-electron chi connectivity index (χ2n) is 4.76. The molecule has 1 atom stereocenters. The van der Waals surface area contributed by atoms with Crippen molar-refractivity contribution in [2.24, 2.45) is 0 Å². The zero-order valence-electron chi connectivity index (χ0n) is 11.2. The van der Waals surface area contributed by atoms with Gasteiger partial charge in [-0.3, -0.25) is 0 Å². The molecule has 0 fully saturated rings. The molecule has 0 amide bonds. The zero-order chi connectivity index (χ0) is 13.0. The summed E-state index contributed by atoms with van der Waals surface area (Å²) >= 11 is 1.76. The second kappa shape index (κ2) is 6.12. The number of thiazole rings is 1. The minimum absolute atomic E-state index is 0.457. The Morgan fingerprint density at radius 1 is 1.17 bits per heavy atom. The van der Waals surface area contributed by atoms with Crippen LogP contribution < -0.4 is 5.32 Å². The number of nitrogens with one attached hydrogen (secondary N) is 1. The number of rotatable bonds is 5. The smallest absolute Gasteiger partial charge is 0.0943 e. The van der Waals surface area contributed by atoms with Gasteiger partial charge in [-0.25, -0.2) is 4.98 Å². The molecule has 18 heavy (non-hydrogen) atoms. The van der Waals surface area contributed by atoms with E-state index in [1.165, 1.54) is 16.1 Å². The van der Waals surface area contributed by atoms with Crippen LogP contribution in [0.15, 0.2) is 29.6 Å². The molecule has 0 aliphatic heterocycles. The van der Waals surface area contributed by atoms with Crippen LogP contribution in [0, 0.1) is 13.8 Å². The highest BCUT2D eigenvalue weighted by molar-refractivity contribution is 7.09. The highest BCUT2D eigenvalue weighted by Crippen LogP contribution is 2.14. The normalized spacial score (nSPS) is 12.6. The van der Waals surface area contributed by atoms with Gasteiger partial charge in [0.25, 0.3) is 0 Å². The maximum Gasteiger partial charge on any atom is 0.0943 e. The molecule has 0 saturated carbocycles. The molecule has 2 aromatic rings. The Labute approximate surface area is 113 Å². The standard InChI is InChI=1S/C15H20N2S/c1-11-4-6-13(7-5-11)8-14(16-3)9-15-17-12(2)10-18-15/h4-7,10,14,16H,8-9H2,1-3H3. The molecule has 0 spiro atoms. The van der Waals surface area contributed by atoms with E-state index in [1.54, 1.807) is 11.3 Å². The molecule has 3 heteroatoms. The summed E-state index contributed by atoms with van der Waals surface area (Å²) in [6.07, 6.45) is 2.05. The van der Waals surface area contributed by atoms with Crippen LogP contribution in [0.1, 0.15) is 21.8 Å². The lowest BCUT2D eigenvalue weighted by atomic mass is 10.0. The van der Waals surface area contributed by atoms with Gasteiger partial charge in [0, 0.05) is 23.5 Å². The van der Waals surface area contributed by atoms with Crippen LogP contribution in [-0.2, 0) is 12.8 Å². The first-order valence-corrected chi connectivity index (χ1v) is 7.19. The summed E-state index contributed by atoms with van der Waals surface area (Å²) in [7, 11) is 2.03. The van der Waals surface area contributed by atoms with Crippen molar-refractivity contribution >= 4 is 11.3 Å². The van der Waals surface area contributed by atoms with Gasteiger partial charge in [-0.1, -0.05) is 29.8 Å². The first kappa shape index (κ1) is 13.2. The predicted octanol–water partition coefficient (Wildman–Crippen LogP) is 3.13. The van der Waals surface area contributed by atoms with E-state index in [2.05, 4.69) is 46.9 Å². The molecule has 0 aliphatic rings. The SMILES string of the molecule is CNC(Cc1ccc(C)cc1)Cc1nc(C)cs1. The molecule has 96 valence electrons. The van der Waals surface area contributed by atoms with Crippen LogP contribution in [0.25, 0.3) is 0 Å². The van der Waals surface area contributed by atoms with Crippen LogP contribution in [-0.4, -0.2) is 18.1 Å². The van der Waals surface area contributed by atoms with Gasteiger partial charge < -0.3 is 5.32 Å². The van der Waals surface area contributed by atoms with Crippen molar-refractivity contribution < 1.29 is 0 Å². The fourth-order valence-electron chi connectivity index (χ4n) is 1.99. The van der Waals surface area contributed by atoms with Crippen molar-refractivity contribution in [3.05, 3.63) is 51.5 Å². The lowest BCUT2D eigenvalue weighted by molar-refractivity contribution is 0.555. The first-order valence-electron chi connectivity index (χ1n) is 6.31. The molecule has 2 nitrogen and oxygen atoms in total. The minimum Gasteiger partial charge on any atom is -0.316 e. The number of hydrogen-bond acceptors (Lipinski definition) is 3. The molecule has 2 rings (SSSR count). The summed E-state index contributed by atoms with van der Waals surface area (Å²) in [5.41, 5.74) is 3.82. The molecule has 1 aromatic carbocycles. The monoisotopic (exact) mass is 260 g/mol. The van der Waals surface area contributed by atoms with Crippen LogP contribution in [0.3, 0.4) is 0 Å². The molecule has 1 aromatic heterocycles. The van der Waals surface area contributed by atoms with Crippen LogP contribution >= 0.6 is 11.3 Å². The maximum absolute atomic E-state index is 4.53. The van der Waals surface area contributed by atoms with E-state index in [4.69, 9.17) is 0 Å². The third-order valence-electron chi connectivity index (χ3n) is 3.10. The molecule has 0 radical (unpaired) electrons. The Morgan fingerprint density at radius 2 is 1.89 bits per heavy atom. The lowest BCUT2D eigenvalue weighted by Crippen LogP contribution is -2.29. The number of hydrogen-bond donors (Lipinski definition) is 1. The molecular weight excluding hydrogens is 240 g/mol. The van der Waals surface area contributed by atoms with Crippen LogP contribution in [0.2, 0.25) is 0 Å². The van der Waals surface area contributed by atoms with E-state index < -0.39 is 0 Å². The lowest BCUT2D eigenvalue weighted by Gasteiger charge is -2.15. The average molecular weight is 260 g/mol. The van der Waals surface area contributed by atoms with E-state index >= 15 is 0 Å². The maximum atomic E-state index is 4.53. The summed E-state index contributed by atoms with van der Waals surface area (Å²) in [6, 6.07) is 9.24. The topological polar surface area (TPSA) is 24.9 Å². The molecule has 0 saturated heterocycles. The Hall–Kier alpha value is -1.19. The van der Waals surface area contributed by atoms with Gasteiger partial charge in [-0.15, -0.1) is 11.3 Å². The van der Waals surface area contributed by atoms with Gasteiger partial charge in [0.2, 0.25) is 0 Å². The van der Waals surface area contributed by atoms with E-state index in [0.717, 1.165) is 18.5 Å². The minimum atomic E-state index is 0.457. The van der Waals surface area contributed by atoms with Crippen molar-refractivity contribution in [3.8, 4) is 0 Å². The van der Waals surface area contributed by atoms with Crippen LogP contribution in [0.5, 0.6) is 0 Å². The predicted molar refractivity (Wildman–Crippen MR) is 78.3 cm³/mol. The summed E-state index contributed by atoms with van der Waals surface area (Å²) in [4.78, 5) is 4.53. The number of likely N-dealkylation sites (N-methyl/N-ethyl adjacent to an activating group) is 1. The highest BCUT2D eigenvalue weighted by Gasteiger charge is 2.10. The third-order valence-corrected chi connectivity index (χ3v) is 4.09. The Morgan fingerprint density at radius 3 is 2.44 bits per heavy atom. The fraction of sp³-hybridized carbons (Fsp3) is 0.400. The highest BCUT2D eigenvalue weighted by atomic mass is 32.1. The van der Waals surface area contributed by atoms with Crippen LogP contribution in [0.4, 0.5) is 0 Å². The molecule has 1 heterocycles. The van der Waals surface area contributed by atoms with E-state index in [0.29, 0.717) is 6.04 Å². The van der Waals surface area contributed by atoms with Gasteiger partial charge in [-0.05, 0) is 32.9 Å². The van der Waals surface area contributed by atoms with Crippen molar-refractivity contribution in [1.82, 2.24) is 10.3 Å². The van der Waals surface area contributed by atoms with Gasteiger partial charge in [-0.2, -0.15) is 0 Å². The molecule has 1 unspecified atom stereocenters. The summed E-state index contributed by atoms with van der Waals surface area (Å²) < 4.78 is 0.